The van der Waals surface area contributed by atoms with Crippen molar-refractivity contribution < 1.29 is 9.53 Å². The Morgan fingerprint density at radius 3 is 2.93 bits per heavy atom. The van der Waals surface area contributed by atoms with Crippen LogP contribution in [-0.2, 0) is 16.0 Å². The Morgan fingerprint density at radius 2 is 2.14 bits per heavy atom. The number of fused-ring (bicyclic) bond motifs is 1. The molecule has 3 aliphatic rings. The summed E-state index contributed by atoms with van der Waals surface area (Å²) in [6.45, 7) is 4.65. The van der Waals surface area contributed by atoms with Crippen molar-refractivity contribution in [2.24, 2.45) is 11.8 Å². The molecule has 2 bridgehead atoms. The molecule has 4 atom stereocenters. The summed E-state index contributed by atoms with van der Waals surface area (Å²) >= 11 is 0. The molecule has 0 saturated carbocycles. The van der Waals surface area contributed by atoms with Crippen LogP contribution in [0.3, 0.4) is 0 Å². The molecule has 3 aliphatic heterocycles. The number of rotatable bonds is 5. The lowest BCUT2D eigenvalue weighted by Gasteiger charge is -2.29. The van der Waals surface area contributed by atoms with Crippen LogP contribution in [0.25, 0.3) is 0 Å². The molecule has 146 valence electrons. The summed E-state index contributed by atoms with van der Waals surface area (Å²) in [7, 11) is 0. The summed E-state index contributed by atoms with van der Waals surface area (Å²) in [5, 5.41) is 3.18. The molecule has 4 heterocycles. The summed E-state index contributed by atoms with van der Waals surface area (Å²) in [5.74, 6) is 1.99. The highest BCUT2D eigenvalue weighted by atomic mass is 16.5. The molecular formula is C23H27N3O2. The van der Waals surface area contributed by atoms with Gasteiger partial charge in [0.25, 0.3) is 0 Å². The molecule has 0 radical (unpaired) electrons. The standard InChI is InChI=1S/C23H27N3O2/c1-16-7-8-21(24-12-16)26-14-19-18(20-9-10-23(19,15-26)28-20)13-25-22(27)11-17-5-3-2-4-6-17/h2-8,12,18-20H,9-11,13-15H2,1H3,(H,25,27)/t18-,19+,20+,23+/m0/s1. The average molecular weight is 377 g/mol. The number of aryl methyl sites for hydroxylation is 1. The predicted octanol–water partition coefficient (Wildman–Crippen LogP) is 2.73. The number of carbonyl (C=O) groups is 1. The van der Waals surface area contributed by atoms with Crippen LogP contribution < -0.4 is 10.2 Å². The number of nitrogens with zero attached hydrogens (tertiary/aromatic N) is 2. The van der Waals surface area contributed by atoms with Crippen molar-refractivity contribution in [3.05, 3.63) is 59.8 Å². The third kappa shape index (κ3) is 3.08. The lowest BCUT2D eigenvalue weighted by Crippen LogP contribution is -2.42. The number of ether oxygens (including phenoxy) is 1. The first-order valence-electron chi connectivity index (χ1n) is 10.3. The van der Waals surface area contributed by atoms with Crippen LogP contribution in [-0.4, -0.2) is 42.2 Å². The molecule has 1 aromatic heterocycles. The van der Waals surface area contributed by atoms with E-state index in [1.165, 1.54) is 5.56 Å². The quantitative estimate of drug-likeness (QED) is 0.871. The van der Waals surface area contributed by atoms with Gasteiger partial charge in [-0.05, 0) is 37.0 Å². The summed E-state index contributed by atoms with van der Waals surface area (Å²) in [5.41, 5.74) is 2.18. The smallest absolute Gasteiger partial charge is 0.224 e. The topological polar surface area (TPSA) is 54.5 Å². The molecule has 0 aliphatic carbocycles. The van der Waals surface area contributed by atoms with E-state index in [9.17, 15) is 4.79 Å². The molecule has 5 heteroatoms. The van der Waals surface area contributed by atoms with Gasteiger partial charge < -0.3 is 15.0 Å². The van der Waals surface area contributed by atoms with Crippen molar-refractivity contribution in [2.45, 2.75) is 37.9 Å². The van der Waals surface area contributed by atoms with Crippen molar-refractivity contribution in [1.29, 1.82) is 0 Å². The number of hydrogen-bond acceptors (Lipinski definition) is 4. The fourth-order valence-corrected chi connectivity index (χ4v) is 5.36. The SMILES string of the molecule is Cc1ccc(N2C[C@@H]3[C@H](CNC(=O)Cc4ccccc4)[C@H]4CC[C@]3(C2)O4)nc1. The van der Waals surface area contributed by atoms with E-state index < -0.39 is 0 Å². The number of amides is 1. The maximum Gasteiger partial charge on any atom is 0.224 e. The first-order chi connectivity index (χ1) is 13.6. The summed E-state index contributed by atoms with van der Waals surface area (Å²) in [6.07, 6.45) is 4.88. The van der Waals surface area contributed by atoms with Gasteiger partial charge in [-0.1, -0.05) is 36.4 Å². The van der Waals surface area contributed by atoms with E-state index in [-0.39, 0.29) is 17.6 Å². The number of aromatic nitrogens is 1. The monoisotopic (exact) mass is 377 g/mol. The van der Waals surface area contributed by atoms with Crippen molar-refractivity contribution in [1.82, 2.24) is 10.3 Å². The van der Waals surface area contributed by atoms with Crippen LogP contribution in [0, 0.1) is 18.8 Å². The molecule has 5 nitrogen and oxygen atoms in total. The lowest BCUT2D eigenvalue weighted by molar-refractivity contribution is -0.120. The summed E-state index contributed by atoms with van der Waals surface area (Å²) in [6, 6.07) is 14.1. The number of carbonyl (C=O) groups excluding carboxylic acids is 1. The van der Waals surface area contributed by atoms with Gasteiger partial charge in [0.05, 0.1) is 18.1 Å². The van der Waals surface area contributed by atoms with Gasteiger partial charge in [0.1, 0.15) is 5.82 Å². The summed E-state index contributed by atoms with van der Waals surface area (Å²) in [4.78, 5) is 19.4. The molecule has 5 rings (SSSR count). The highest BCUT2D eigenvalue weighted by molar-refractivity contribution is 5.78. The number of pyridine rings is 1. The van der Waals surface area contributed by atoms with Crippen LogP contribution in [0.5, 0.6) is 0 Å². The second kappa shape index (κ2) is 6.89. The van der Waals surface area contributed by atoms with Gasteiger partial charge in [-0.25, -0.2) is 4.98 Å². The van der Waals surface area contributed by atoms with Crippen molar-refractivity contribution in [3.8, 4) is 0 Å². The molecular weight excluding hydrogens is 350 g/mol. The van der Waals surface area contributed by atoms with Crippen LogP contribution in [0.4, 0.5) is 5.82 Å². The first kappa shape index (κ1) is 17.7. The lowest BCUT2D eigenvalue weighted by atomic mass is 9.73. The molecule has 28 heavy (non-hydrogen) atoms. The van der Waals surface area contributed by atoms with Gasteiger partial charge in [0.2, 0.25) is 5.91 Å². The third-order valence-corrected chi connectivity index (χ3v) is 6.75. The maximum absolute atomic E-state index is 12.4. The van der Waals surface area contributed by atoms with E-state index in [1.807, 2.05) is 36.5 Å². The molecule has 2 aromatic rings. The van der Waals surface area contributed by atoms with E-state index in [0.29, 0.717) is 24.8 Å². The van der Waals surface area contributed by atoms with Crippen molar-refractivity contribution in [2.75, 3.05) is 24.5 Å². The minimum Gasteiger partial charge on any atom is -0.369 e. The molecule has 1 aromatic carbocycles. The molecule has 3 fully saturated rings. The molecule has 3 saturated heterocycles. The van der Waals surface area contributed by atoms with Crippen LogP contribution in [0.2, 0.25) is 0 Å². The second-order valence-electron chi connectivity index (χ2n) is 8.57. The number of benzene rings is 1. The molecule has 1 N–H and O–H groups in total. The van der Waals surface area contributed by atoms with Crippen LogP contribution in [0.15, 0.2) is 48.7 Å². The van der Waals surface area contributed by atoms with Gasteiger partial charge >= 0.3 is 0 Å². The third-order valence-electron chi connectivity index (χ3n) is 6.75. The largest absolute Gasteiger partial charge is 0.369 e. The summed E-state index contributed by atoms with van der Waals surface area (Å²) < 4.78 is 6.50. The molecule has 0 unspecified atom stereocenters. The Bertz CT molecular complexity index is 854. The zero-order chi connectivity index (χ0) is 19.1. The van der Waals surface area contributed by atoms with E-state index in [2.05, 4.69) is 34.3 Å². The minimum atomic E-state index is -0.0495. The van der Waals surface area contributed by atoms with Gasteiger partial charge in [-0.2, -0.15) is 0 Å². The van der Waals surface area contributed by atoms with E-state index in [4.69, 9.17) is 4.74 Å². The van der Waals surface area contributed by atoms with Gasteiger partial charge in [-0.15, -0.1) is 0 Å². The van der Waals surface area contributed by atoms with Crippen LogP contribution >= 0.6 is 0 Å². The van der Waals surface area contributed by atoms with Crippen molar-refractivity contribution in [3.63, 3.8) is 0 Å². The molecule has 1 spiro atoms. The second-order valence-corrected chi connectivity index (χ2v) is 8.57. The number of nitrogens with one attached hydrogen (secondary N) is 1. The normalized spacial score (nSPS) is 30.5. The van der Waals surface area contributed by atoms with Gasteiger partial charge in [0, 0.05) is 37.7 Å². The van der Waals surface area contributed by atoms with E-state index in [1.54, 1.807) is 0 Å². The van der Waals surface area contributed by atoms with E-state index >= 15 is 0 Å². The Morgan fingerprint density at radius 1 is 1.29 bits per heavy atom. The Balaban J connectivity index is 1.24. The highest BCUT2D eigenvalue weighted by Gasteiger charge is 2.63. The Hall–Kier alpha value is -2.40. The zero-order valence-electron chi connectivity index (χ0n) is 16.3. The minimum absolute atomic E-state index is 0.0495. The van der Waals surface area contributed by atoms with Gasteiger partial charge in [0.15, 0.2) is 0 Å². The fourth-order valence-electron chi connectivity index (χ4n) is 5.36. The van der Waals surface area contributed by atoms with Gasteiger partial charge in [-0.3, -0.25) is 4.79 Å². The fraction of sp³-hybridized carbons (Fsp3) is 0.478. The Labute approximate surface area is 166 Å². The van der Waals surface area contributed by atoms with Crippen LogP contribution in [0.1, 0.15) is 24.0 Å². The predicted molar refractivity (Wildman–Crippen MR) is 108 cm³/mol. The Kier molecular flexibility index (Phi) is 4.35. The number of hydrogen-bond donors (Lipinski definition) is 1. The van der Waals surface area contributed by atoms with E-state index in [0.717, 1.165) is 37.3 Å². The maximum atomic E-state index is 12.4. The van der Waals surface area contributed by atoms with Crippen molar-refractivity contribution >= 4 is 11.7 Å². The highest BCUT2D eigenvalue weighted by Crippen LogP contribution is 2.55. The molecule has 1 amide bonds. The first-order valence-corrected chi connectivity index (χ1v) is 10.3. The zero-order valence-corrected chi connectivity index (χ0v) is 16.3. The number of anilines is 1. The average Bonchev–Trinajstić information content (AvgIpc) is 3.36.